The van der Waals surface area contributed by atoms with E-state index in [4.69, 9.17) is 14.2 Å². The van der Waals surface area contributed by atoms with E-state index >= 15 is 0 Å². The van der Waals surface area contributed by atoms with Crippen LogP contribution < -0.4 is 5.32 Å². The SMILES string of the molecule is CCCCC/C=C\C/C=C\C/C=C\CCCCCCCCCCCC(O)C(=O)NC(COC1OC(CO)C(O)C(O)C1OC(=O)CCCCCCCCCCCCCCCCC)C(O)/C=C/CCCCCCCCCCCC. The Morgan fingerprint density at radius 1 is 0.500 bits per heavy atom. The van der Waals surface area contributed by atoms with Gasteiger partial charge in [0.15, 0.2) is 12.4 Å². The number of hydrogen-bond donors (Lipinski definition) is 6. The number of amides is 1. The van der Waals surface area contributed by atoms with Crippen molar-refractivity contribution in [2.24, 2.45) is 0 Å². The van der Waals surface area contributed by atoms with Crippen molar-refractivity contribution in [2.75, 3.05) is 13.2 Å². The minimum absolute atomic E-state index is 0.127. The molecule has 1 aliphatic heterocycles. The van der Waals surface area contributed by atoms with Crippen molar-refractivity contribution in [3.8, 4) is 0 Å². The smallest absolute Gasteiger partial charge is 0.306 e. The molecule has 78 heavy (non-hydrogen) atoms. The Balaban J connectivity index is 2.63. The van der Waals surface area contributed by atoms with Gasteiger partial charge in [-0.25, -0.2) is 0 Å². The second kappa shape index (κ2) is 55.2. The van der Waals surface area contributed by atoms with Gasteiger partial charge in [-0.3, -0.25) is 9.59 Å². The van der Waals surface area contributed by atoms with E-state index in [-0.39, 0.29) is 19.4 Å². The second-order valence-electron chi connectivity index (χ2n) is 22.9. The third-order valence-corrected chi connectivity index (χ3v) is 15.5. The zero-order valence-corrected chi connectivity index (χ0v) is 50.5. The van der Waals surface area contributed by atoms with E-state index in [1.807, 2.05) is 6.08 Å². The Hall–Kier alpha value is -2.38. The summed E-state index contributed by atoms with van der Waals surface area (Å²) in [6, 6.07) is -1.02. The van der Waals surface area contributed by atoms with Crippen molar-refractivity contribution < 1.29 is 49.3 Å². The van der Waals surface area contributed by atoms with Crippen LogP contribution in [0.4, 0.5) is 0 Å². The zero-order chi connectivity index (χ0) is 56.8. The van der Waals surface area contributed by atoms with Gasteiger partial charge in [0.2, 0.25) is 5.91 Å². The van der Waals surface area contributed by atoms with Crippen molar-refractivity contribution in [2.45, 2.75) is 352 Å². The average molecular weight is 1100 g/mol. The summed E-state index contributed by atoms with van der Waals surface area (Å²) >= 11 is 0. The number of allylic oxidation sites excluding steroid dienone is 7. The normalized spacial score (nSPS) is 19.2. The van der Waals surface area contributed by atoms with Crippen LogP contribution in [0.15, 0.2) is 48.6 Å². The minimum atomic E-state index is -1.61. The summed E-state index contributed by atoms with van der Waals surface area (Å²) in [6.45, 7) is 5.78. The third kappa shape index (κ3) is 42.5. The predicted molar refractivity (Wildman–Crippen MR) is 324 cm³/mol. The molecule has 0 aromatic heterocycles. The lowest BCUT2D eigenvalue weighted by atomic mass is 9.99. The topological polar surface area (TPSA) is 175 Å². The molecule has 1 rings (SSSR count). The number of rotatable bonds is 56. The summed E-state index contributed by atoms with van der Waals surface area (Å²) in [5.41, 5.74) is 0. The zero-order valence-electron chi connectivity index (χ0n) is 50.5. The van der Waals surface area contributed by atoms with Crippen LogP contribution in [0, 0.1) is 0 Å². The number of hydrogen-bond acceptors (Lipinski definition) is 10. The molecule has 0 aromatic rings. The molecule has 0 aromatic carbocycles. The van der Waals surface area contributed by atoms with Crippen LogP contribution in [0.2, 0.25) is 0 Å². The summed E-state index contributed by atoms with van der Waals surface area (Å²) in [4.78, 5) is 26.6. The van der Waals surface area contributed by atoms with Gasteiger partial charge in [-0.1, -0.05) is 281 Å². The highest BCUT2D eigenvalue weighted by Crippen LogP contribution is 2.26. The van der Waals surface area contributed by atoms with Gasteiger partial charge >= 0.3 is 5.97 Å². The Morgan fingerprint density at radius 3 is 1.35 bits per heavy atom. The van der Waals surface area contributed by atoms with Gasteiger partial charge in [-0.15, -0.1) is 0 Å². The molecule has 8 atom stereocenters. The minimum Gasteiger partial charge on any atom is -0.454 e. The van der Waals surface area contributed by atoms with Crippen LogP contribution >= 0.6 is 0 Å². The first-order valence-electron chi connectivity index (χ1n) is 32.9. The van der Waals surface area contributed by atoms with Crippen molar-refractivity contribution >= 4 is 11.9 Å². The van der Waals surface area contributed by atoms with E-state index in [0.717, 1.165) is 77.0 Å². The lowest BCUT2D eigenvalue weighted by Crippen LogP contribution is -2.61. The molecule has 0 spiro atoms. The first kappa shape index (κ1) is 73.6. The van der Waals surface area contributed by atoms with E-state index in [1.165, 1.54) is 180 Å². The molecule has 6 N–H and O–H groups in total. The Bertz CT molecular complexity index is 1450. The molecule has 1 fully saturated rings. The number of unbranched alkanes of at least 4 members (excludes halogenated alkanes) is 36. The fourth-order valence-electron chi connectivity index (χ4n) is 10.2. The highest BCUT2D eigenvalue weighted by molar-refractivity contribution is 5.80. The molecule has 0 saturated carbocycles. The van der Waals surface area contributed by atoms with Gasteiger partial charge in [-0.05, 0) is 64.2 Å². The number of ether oxygens (including phenoxy) is 3. The Morgan fingerprint density at radius 2 is 0.885 bits per heavy atom. The molecule has 0 radical (unpaired) electrons. The third-order valence-electron chi connectivity index (χ3n) is 15.5. The standard InChI is InChI=1S/C67H123NO10/c1-4-7-10-13-16-19-22-25-27-28-29-30-31-32-33-35-36-39-42-45-48-51-54-60(71)66(75)68-58(59(70)53-50-47-44-41-38-24-21-18-15-12-9-6-3)57-76-67-65(64(74)63(73)61(56-69)77-67)78-62(72)55-52-49-46-43-40-37-34-26-23-20-17-14-11-8-5-2/h16,19,25,27,29-30,50,53,58-61,63-65,67,69-71,73-74H,4-15,17-18,20-24,26,28,31-49,51-52,54-57H2,1-3H3,(H,68,75)/b19-16-,27-25-,30-29-,53-50+. The number of nitrogens with one attached hydrogen (secondary N) is 1. The maximum atomic E-state index is 13.4. The monoisotopic (exact) mass is 1100 g/mol. The van der Waals surface area contributed by atoms with Gasteiger partial charge in [0.25, 0.3) is 0 Å². The van der Waals surface area contributed by atoms with Gasteiger partial charge in [-0.2, -0.15) is 0 Å². The first-order chi connectivity index (χ1) is 38.2. The number of carbonyl (C=O) groups is 2. The number of aliphatic hydroxyl groups excluding tert-OH is 5. The van der Waals surface area contributed by atoms with Crippen LogP contribution in [0.5, 0.6) is 0 Å². The maximum absolute atomic E-state index is 13.4. The largest absolute Gasteiger partial charge is 0.454 e. The van der Waals surface area contributed by atoms with Crippen molar-refractivity contribution in [3.05, 3.63) is 48.6 Å². The van der Waals surface area contributed by atoms with Crippen LogP contribution in [0.25, 0.3) is 0 Å². The molecule has 11 nitrogen and oxygen atoms in total. The molecule has 1 amide bonds. The van der Waals surface area contributed by atoms with Crippen LogP contribution in [0.1, 0.15) is 303 Å². The molecular weight excluding hydrogens is 979 g/mol. The van der Waals surface area contributed by atoms with Crippen molar-refractivity contribution in [1.82, 2.24) is 5.32 Å². The van der Waals surface area contributed by atoms with Crippen LogP contribution in [-0.4, -0.2) is 99.6 Å². The van der Waals surface area contributed by atoms with E-state index in [2.05, 4.69) is 62.5 Å². The maximum Gasteiger partial charge on any atom is 0.306 e. The number of carbonyl (C=O) groups excluding carboxylic acids is 2. The highest BCUT2D eigenvalue weighted by Gasteiger charge is 2.47. The number of esters is 1. The summed E-state index contributed by atoms with van der Waals surface area (Å²) in [6.07, 6.45) is 57.1. The Labute approximate surface area is 478 Å². The fourth-order valence-corrected chi connectivity index (χ4v) is 10.2. The number of aliphatic hydroxyl groups is 5. The summed E-state index contributed by atoms with van der Waals surface area (Å²) in [5, 5.41) is 57.1. The van der Waals surface area contributed by atoms with E-state index in [9.17, 15) is 35.1 Å². The van der Waals surface area contributed by atoms with Crippen molar-refractivity contribution in [1.29, 1.82) is 0 Å². The van der Waals surface area contributed by atoms with E-state index in [0.29, 0.717) is 12.8 Å². The molecule has 1 aliphatic rings. The van der Waals surface area contributed by atoms with E-state index in [1.54, 1.807) is 6.08 Å². The second-order valence-corrected chi connectivity index (χ2v) is 22.9. The van der Waals surface area contributed by atoms with Gasteiger partial charge < -0.3 is 45.1 Å². The molecule has 1 saturated heterocycles. The first-order valence-corrected chi connectivity index (χ1v) is 32.9. The lowest BCUT2D eigenvalue weighted by molar-refractivity contribution is -0.305. The quantitative estimate of drug-likeness (QED) is 0.0195. The fraction of sp³-hybridized carbons (Fsp3) is 0.851. The summed E-state index contributed by atoms with van der Waals surface area (Å²) in [5.74, 6) is -1.19. The molecule has 456 valence electrons. The average Bonchev–Trinajstić information content (AvgIpc) is 3.44. The molecule has 0 aliphatic carbocycles. The van der Waals surface area contributed by atoms with Crippen LogP contribution in [-0.2, 0) is 23.8 Å². The van der Waals surface area contributed by atoms with Gasteiger partial charge in [0.05, 0.1) is 25.4 Å². The predicted octanol–water partition coefficient (Wildman–Crippen LogP) is 16.0. The van der Waals surface area contributed by atoms with Crippen LogP contribution in [0.3, 0.4) is 0 Å². The highest BCUT2D eigenvalue weighted by atomic mass is 16.7. The molecule has 0 bridgehead atoms. The summed E-state index contributed by atoms with van der Waals surface area (Å²) in [7, 11) is 0. The molecule has 11 heteroatoms. The molecule has 1 heterocycles. The van der Waals surface area contributed by atoms with E-state index < -0.39 is 67.4 Å². The summed E-state index contributed by atoms with van der Waals surface area (Å²) < 4.78 is 17.6. The van der Waals surface area contributed by atoms with Gasteiger partial charge in [0.1, 0.15) is 24.4 Å². The van der Waals surface area contributed by atoms with Gasteiger partial charge in [0, 0.05) is 6.42 Å². The Kier molecular flexibility index (Phi) is 52.1. The molecule has 8 unspecified atom stereocenters. The molecular formula is C67H123NO10. The lowest BCUT2D eigenvalue weighted by Gasteiger charge is -2.41. The van der Waals surface area contributed by atoms with Crippen molar-refractivity contribution in [3.63, 3.8) is 0 Å².